The fourth-order valence-electron chi connectivity index (χ4n) is 2.75. The molecule has 0 aliphatic rings. The zero-order valence-corrected chi connectivity index (χ0v) is 18.0. The van der Waals surface area contributed by atoms with Crippen molar-refractivity contribution in [3.63, 3.8) is 0 Å². The van der Waals surface area contributed by atoms with E-state index < -0.39 is 0 Å². The molecule has 152 valence electrons. The van der Waals surface area contributed by atoms with E-state index in [2.05, 4.69) is 31.4 Å². The van der Waals surface area contributed by atoms with Gasteiger partial charge in [-0.2, -0.15) is 10.2 Å². The number of anilines is 1. The van der Waals surface area contributed by atoms with Gasteiger partial charge in [0.15, 0.2) is 18.2 Å². The number of ether oxygens (including phenoxy) is 1. The van der Waals surface area contributed by atoms with E-state index in [-0.39, 0.29) is 18.3 Å². The van der Waals surface area contributed by atoms with Crippen molar-refractivity contribution in [3.05, 3.63) is 93.8 Å². The van der Waals surface area contributed by atoms with Crippen molar-refractivity contribution in [2.45, 2.75) is 13.3 Å². The van der Waals surface area contributed by atoms with E-state index in [1.807, 2.05) is 48.5 Å². The molecular formula is C21H17BrClN5O2. The van der Waals surface area contributed by atoms with Crippen LogP contribution in [0.2, 0.25) is 5.02 Å². The first kappa shape index (κ1) is 20.2. The fourth-order valence-corrected chi connectivity index (χ4v) is 3.22. The van der Waals surface area contributed by atoms with Gasteiger partial charge >= 0.3 is 0 Å². The summed E-state index contributed by atoms with van der Waals surface area (Å²) in [6, 6.07) is 18.4. The quantitative estimate of drug-likeness (QED) is 0.406. The average Bonchev–Trinajstić information content (AvgIpc) is 3.37. The van der Waals surface area contributed by atoms with Crippen molar-refractivity contribution in [2.75, 3.05) is 5.32 Å². The van der Waals surface area contributed by atoms with Crippen molar-refractivity contribution in [1.82, 2.24) is 19.6 Å². The third-order valence-electron chi connectivity index (χ3n) is 4.17. The molecule has 0 unspecified atom stereocenters. The van der Waals surface area contributed by atoms with Crippen LogP contribution in [0, 0.1) is 0 Å². The number of nitrogens with zero attached hydrogens (tertiary/aromatic N) is 4. The van der Waals surface area contributed by atoms with E-state index >= 15 is 0 Å². The summed E-state index contributed by atoms with van der Waals surface area (Å²) in [6.07, 6.45) is 3.48. The molecule has 0 saturated heterocycles. The van der Waals surface area contributed by atoms with Crippen LogP contribution in [-0.2, 0) is 13.3 Å². The summed E-state index contributed by atoms with van der Waals surface area (Å²) in [5, 5.41) is 12.0. The van der Waals surface area contributed by atoms with Crippen molar-refractivity contribution < 1.29 is 9.53 Å². The largest absolute Gasteiger partial charge is 0.471 e. The number of benzene rings is 2. The molecule has 7 nitrogen and oxygen atoms in total. The first-order valence-electron chi connectivity index (χ1n) is 9.06. The van der Waals surface area contributed by atoms with Crippen molar-refractivity contribution in [2.24, 2.45) is 0 Å². The summed E-state index contributed by atoms with van der Waals surface area (Å²) >= 11 is 9.39. The maximum absolute atomic E-state index is 12.5. The van der Waals surface area contributed by atoms with Crippen LogP contribution in [-0.4, -0.2) is 25.5 Å². The van der Waals surface area contributed by atoms with E-state index in [9.17, 15) is 4.79 Å². The minimum Gasteiger partial charge on any atom is -0.471 e. The van der Waals surface area contributed by atoms with Gasteiger partial charge in [0.25, 0.3) is 5.91 Å². The molecule has 0 aliphatic carbocycles. The second kappa shape index (κ2) is 9.15. The zero-order chi connectivity index (χ0) is 20.9. The summed E-state index contributed by atoms with van der Waals surface area (Å²) in [5.74, 6) is 0.818. The zero-order valence-electron chi connectivity index (χ0n) is 15.7. The van der Waals surface area contributed by atoms with Crippen molar-refractivity contribution in [3.8, 4) is 5.75 Å². The van der Waals surface area contributed by atoms with Gasteiger partial charge < -0.3 is 10.1 Å². The molecule has 2 aromatic heterocycles. The van der Waals surface area contributed by atoms with E-state index in [4.69, 9.17) is 16.3 Å². The summed E-state index contributed by atoms with van der Waals surface area (Å²) < 4.78 is 9.90. The molecule has 0 fully saturated rings. The predicted molar refractivity (Wildman–Crippen MR) is 118 cm³/mol. The normalized spacial score (nSPS) is 10.7. The van der Waals surface area contributed by atoms with Gasteiger partial charge in [0.05, 0.1) is 6.54 Å². The van der Waals surface area contributed by atoms with Crippen LogP contribution >= 0.6 is 27.5 Å². The molecular weight excluding hydrogens is 470 g/mol. The van der Waals surface area contributed by atoms with Crippen molar-refractivity contribution >= 4 is 39.3 Å². The number of carbonyl (C=O) groups is 1. The Labute approximate surface area is 186 Å². The number of amides is 1. The molecule has 0 saturated carbocycles. The minimum atomic E-state index is -0.342. The Morgan fingerprint density at radius 3 is 2.63 bits per heavy atom. The molecule has 0 atom stereocenters. The van der Waals surface area contributed by atoms with Gasteiger partial charge in [-0.1, -0.05) is 39.7 Å². The Balaban J connectivity index is 1.33. The third kappa shape index (κ3) is 5.28. The number of hydrogen-bond donors (Lipinski definition) is 1. The van der Waals surface area contributed by atoms with Crippen LogP contribution < -0.4 is 10.1 Å². The molecule has 4 aromatic rings. The molecule has 30 heavy (non-hydrogen) atoms. The number of carbonyl (C=O) groups excluding carboxylic acids is 1. The lowest BCUT2D eigenvalue weighted by atomic mass is 10.2. The second-order valence-electron chi connectivity index (χ2n) is 6.45. The molecule has 9 heteroatoms. The van der Waals surface area contributed by atoms with Crippen LogP contribution in [0.15, 0.2) is 77.5 Å². The first-order valence-corrected chi connectivity index (χ1v) is 10.2. The summed E-state index contributed by atoms with van der Waals surface area (Å²) in [5.41, 5.74) is 1.30. The SMILES string of the molecule is O=C(Nc1ccn(Cc2cccc(Cl)c2)n1)c1ccn(COc2ccc(Br)cc2)n1. The van der Waals surface area contributed by atoms with Gasteiger partial charge in [-0.3, -0.25) is 9.48 Å². The number of rotatable bonds is 7. The monoisotopic (exact) mass is 485 g/mol. The second-order valence-corrected chi connectivity index (χ2v) is 7.80. The number of nitrogens with one attached hydrogen (secondary N) is 1. The average molecular weight is 487 g/mol. The first-order chi connectivity index (χ1) is 14.5. The van der Waals surface area contributed by atoms with E-state index in [1.165, 1.54) is 0 Å². The van der Waals surface area contributed by atoms with Gasteiger partial charge in [-0.25, -0.2) is 4.68 Å². The molecule has 0 spiro atoms. The Bertz CT molecular complexity index is 1160. The lowest BCUT2D eigenvalue weighted by molar-refractivity contribution is 0.101. The highest BCUT2D eigenvalue weighted by Crippen LogP contribution is 2.16. The predicted octanol–water partition coefficient (Wildman–Crippen LogP) is 4.83. The van der Waals surface area contributed by atoms with E-state index in [0.717, 1.165) is 10.0 Å². The molecule has 0 radical (unpaired) electrons. The van der Waals surface area contributed by atoms with Crippen LogP contribution in [0.1, 0.15) is 16.1 Å². The molecule has 0 aliphatic heterocycles. The van der Waals surface area contributed by atoms with Crippen LogP contribution in [0.4, 0.5) is 5.82 Å². The van der Waals surface area contributed by atoms with Gasteiger partial charge in [0.2, 0.25) is 0 Å². The van der Waals surface area contributed by atoms with E-state index in [0.29, 0.717) is 23.1 Å². The van der Waals surface area contributed by atoms with E-state index in [1.54, 1.807) is 33.9 Å². The standard InChI is InChI=1S/C21H17BrClN5O2/c22-16-4-6-18(7-5-16)30-14-28-10-8-19(25-28)21(29)24-20-9-11-27(26-20)13-15-2-1-3-17(23)12-15/h1-12H,13-14H2,(H,24,26,29). The lowest BCUT2D eigenvalue weighted by Crippen LogP contribution is -2.15. The Morgan fingerprint density at radius 2 is 1.83 bits per heavy atom. The van der Waals surface area contributed by atoms with Crippen LogP contribution in [0.5, 0.6) is 5.75 Å². The highest BCUT2D eigenvalue weighted by molar-refractivity contribution is 9.10. The van der Waals surface area contributed by atoms with Crippen LogP contribution in [0.25, 0.3) is 0 Å². The topological polar surface area (TPSA) is 74.0 Å². The van der Waals surface area contributed by atoms with Gasteiger partial charge in [-0.15, -0.1) is 0 Å². The Morgan fingerprint density at radius 1 is 1.03 bits per heavy atom. The number of hydrogen-bond acceptors (Lipinski definition) is 4. The van der Waals surface area contributed by atoms with Gasteiger partial charge in [0.1, 0.15) is 5.75 Å². The molecule has 4 rings (SSSR count). The smallest absolute Gasteiger partial charge is 0.277 e. The molecule has 1 N–H and O–H groups in total. The molecule has 1 amide bonds. The molecule has 2 aromatic carbocycles. The maximum Gasteiger partial charge on any atom is 0.277 e. The lowest BCUT2D eigenvalue weighted by Gasteiger charge is -2.06. The number of aromatic nitrogens is 4. The summed E-state index contributed by atoms with van der Waals surface area (Å²) in [7, 11) is 0. The van der Waals surface area contributed by atoms with Gasteiger partial charge in [0, 0.05) is 28.0 Å². The van der Waals surface area contributed by atoms with Crippen LogP contribution in [0.3, 0.4) is 0 Å². The highest BCUT2D eigenvalue weighted by atomic mass is 79.9. The Hall–Kier alpha value is -3.10. The van der Waals surface area contributed by atoms with Crippen molar-refractivity contribution in [1.29, 1.82) is 0 Å². The minimum absolute atomic E-state index is 0.198. The Kier molecular flexibility index (Phi) is 6.15. The van der Waals surface area contributed by atoms with Gasteiger partial charge in [-0.05, 0) is 48.0 Å². The highest BCUT2D eigenvalue weighted by Gasteiger charge is 2.12. The fraction of sp³-hybridized carbons (Fsp3) is 0.0952. The molecule has 0 bridgehead atoms. The third-order valence-corrected chi connectivity index (χ3v) is 4.93. The summed E-state index contributed by atoms with van der Waals surface area (Å²) in [4.78, 5) is 12.5. The number of halogens is 2. The maximum atomic E-state index is 12.5. The molecule has 2 heterocycles. The summed E-state index contributed by atoms with van der Waals surface area (Å²) in [6.45, 7) is 0.752.